The first kappa shape index (κ1) is 19.0. The normalized spacial score (nSPS) is 11.0. The molecule has 0 fully saturated rings. The van der Waals surface area contributed by atoms with Gasteiger partial charge in [-0.05, 0) is 18.2 Å². The van der Waals surface area contributed by atoms with E-state index in [0.29, 0.717) is 0 Å². The van der Waals surface area contributed by atoms with Gasteiger partial charge in [0.25, 0.3) is 15.7 Å². The Labute approximate surface area is 154 Å². The van der Waals surface area contributed by atoms with Crippen molar-refractivity contribution in [1.82, 2.24) is 0 Å². The number of hydrogen-bond donors (Lipinski definition) is 1. The number of nitrogens with one attached hydrogen (secondary N) is 1. The van der Waals surface area contributed by atoms with Gasteiger partial charge < -0.3 is 4.74 Å². The molecule has 132 valence electrons. The zero-order chi connectivity index (χ0) is 18.6. The van der Waals surface area contributed by atoms with E-state index in [2.05, 4.69) is 11.3 Å². The van der Waals surface area contributed by atoms with Crippen LogP contribution in [-0.4, -0.2) is 19.9 Å². The lowest BCUT2D eigenvalue weighted by molar-refractivity contribution is -0.387. The average molecular weight is 403 g/mol. The SMILES string of the molecule is C=CCOc1c(Cl)cc(NS(=O)(=O)c2ccccc2[N+](=O)[O-])cc1Cl. The molecule has 0 bridgehead atoms. The highest BCUT2D eigenvalue weighted by molar-refractivity contribution is 7.92. The third kappa shape index (κ3) is 4.41. The van der Waals surface area contributed by atoms with Crippen molar-refractivity contribution in [3.8, 4) is 5.75 Å². The Kier molecular flexibility index (Phi) is 5.89. The maximum Gasteiger partial charge on any atom is 0.289 e. The molecule has 0 radical (unpaired) electrons. The predicted molar refractivity (Wildman–Crippen MR) is 96.1 cm³/mol. The van der Waals surface area contributed by atoms with Gasteiger partial charge in [0.1, 0.15) is 6.61 Å². The summed E-state index contributed by atoms with van der Waals surface area (Å²) in [5.41, 5.74) is -0.503. The van der Waals surface area contributed by atoms with E-state index in [1.807, 2.05) is 0 Å². The molecule has 0 aliphatic heterocycles. The van der Waals surface area contributed by atoms with Crippen LogP contribution in [0.4, 0.5) is 11.4 Å². The van der Waals surface area contributed by atoms with E-state index in [4.69, 9.17) is 27.9 Å². The summed E-state index contributed by atoms with van der Waals surface area (Å²) in [5.74, 6) is 0.178. The second kappa shape index (κ2) is 7.73. The number of nitro benzene ring substituents is 1. The van der Waals surface area contributed by atoms with Crippen LogP contribution in [0.3, 0.4) is 0 Å². The van der Waals surface area contributed by atoms with Gasteiger partial charge in [0.2, 0.25) is 0 Å². The molecule has 2 aromatic rings. The number of hydrogen-bond acceptors (Lipinski definition) is 5. The van der Waals surface area contributed by atoms with Crippen molar-refractivity contribution in [2.45, 2.75) is 4.90 Å². The summed E-state index contributed by atoms with van der Waals surface area (Å²) in [6.07, 6.45) is 1.50. The van der Waals surface area contributed by atoms with E-state index in [9.17, 15) is 18.5 Å². The fourth-order valence-electron chi connectivity index (χ4n) is 1.94. The molecule has 10 heteroatoms. The maximum atomic E-state index is 12.5. The molecule has 0 aliphatic carbocycles. The zero-order valence-corrected chi connectivity index (χ0v) is 14.9. The van der Waals surface area contributed by atoms with Gasteiger partial charge in [-0.1, -0.05) is 48.0 Å². The van der Waals surface area contributed by atoms with E-state index >= 15 is 0 Å². The van der Waals surface area contributed by atoms with Crippen molar-refractivity contribution in [2.75, 3.05) is 11.3 Å². The summed E-state index contributed by atoms with van der Waals surface area (Å²) in [7, 11) is -4.22. The van der Waals surface area contributed by atoms with Crippen molar-refractivity contribution in [2.24, 2.45) is 0 Å². The van der Waals surface area contributed by atoms with Crippen LogP contribution < -0.4 is 9.46 Å². The van der Waals surface area contributed by atoms with Crippen molar-refractivity contribution in [3.63, 3.8) is 0 Å². The summed E-state index contributed by atoms with van der Waals surface area (Å²) in [5, 5.41) is 11.2. The Morgan fingerprint density at radius 2 is 1.84 bits per heavy atom. The van der Waals surface area contributed by atoms with E-state index in [-0.39, 0.29) is 28.1 Å². The van der Waals surface area contributed by atoms with E-state index in [1.165, 1.54) is 30.3 Å². The van der Waals surface area contributed by atoms with Crippen LogP contribution in [0.25, 0.3) is 0 Å². The van der Waals surface area contributed by atoms with Gasteiger partial charge in [-0.25, -0.2) is 8.42 Å². The Hall–Kier alpha value is -2.29. The van der Waals surface area contributed by atoms with E-state index < -0.39 is 25.5 Å². The first-order valence-electron chi connectivity index (χ1n) is 6.75. The fraction of sp³-hybridized carbons (Fsp3) is 0.0667. The van der Waals surface area contributed by atoms with Crippen molar-refractivity contribution in [1.29, 1.82) is 0 Å². The van der Waals surface area contributed by atoms with E-state index in [1.54, 1.807) is 0 Å². The van der Waals surface area contributed by atoms with E-state index in [0.717, 1.165) is 12.1 Å². The quantitative estimate of drug-likeness (QED) is 0.423. The Morgan fingerprint density at radius 3 is 2.40 bits per heavy atom. The van der Waals surface area contributed by atoms with Crippen LogP contribution in [0, 0.1) is 10.1 Å². The molecular formula is C15H12Cl2N2O5S. The minimum Gasteiger partial charge on any atom is -0.486 e. The van der Waals surface area contributed by atoms with Crippen LogP contribution >= 0.6 is 23.2 Å². The molecule has 2 aromatic carbocycles. The lowest BCUT2D eigenvalue weighted by atomic mass is 10.3. The number of benzene rings is 2. The van der Waals surface area contributed by atoms with Gasteiger partial charge in [0.05, 0.1) is 20.7 Å². The summed E-state index contributed by atoms with van der Waals surface area (Å²) >= 11 is 12.1. The standard InChI is InChI=1S/C15H12Cl2N2O5S/c1-2-7-24-15-11(16)8-10(9-12(15)17)18-25(22,23)14-6-4-3-5-13(14)19(20)21/h2-6,8-9,18H,1,7H2. The molecule has 2 rings (SSSR count). The van der Waals surface area contributed by atoms with Gasteiger partial charge in [0, 0.05) is 6.07 Å². The second-order valence-electron chi connectivity index (χ2n) is 4.70. The first-order chi connectivity index (χ1) is 11.8. The molecule has 0 heterocycles. The van der Waals surface area contributed by atoms with Gasteiger partial charge in [-0.15, -0.1) is 0 Å². The highest BCUT2D eigenvalue weighted by Gasteiger charge is 2.25. The number of rotatable bonds is 7. The van der Waals surface area contributed by atoms with Crippen LogP contribution in [0.2, 0.25) is 10.0 Å². The maximum absolute atomic E-state index is 12.5. The highest BCUT2D eigenvalue weighted by Crippen LogP contribution is 2.37. The molecular weight excluding hydrogens is 391 g/mol. The monoisotopic (exact) mass is 402 g/mol. The molecule has 0 atom stereocenters. The number of anilines is 1. The molecule has 0 amide bonds. The molecule has 0 aliphatic rings. The molecule has 7 nitrogen and oxygen atoms in total. The molecule has 1 N–H and O–H groups in total. The van der Waals surface area contributed by atoms with Crippen LogP contribution in [0.5, 0.6) is 5.75 Å². The summed E-state index contributed by atoms with van der Waals surface area (Å²) in [4.78, 5) is 9.77. The summed E-state index contributed by atoms with van der Waals surface area (Å²) in [6.45, 7) is 3.67. The summed E-state index contributed by atoms with van der Waals surface area (Å²) < 4.78 is 32.4. The molecule has 0 unspecified atom stereocenters. The molecule has 0 saturated carbocycles. The lowest BCUT2D eigenvalue weighted by Gasteiger charge is -2.12. The molecule has 0 spiro atoms. The Bertz CT molecular complexity index is 908. The lowest BCUT2D eigenvalue weighted by Crippen LogP contribution is -2.14. The van der Waals surface area contributed by atoms with Crippen molar-refractivity contribution >= 4 is 44.6 Å². The topological polar surface area (TPSA) is 98.5 Å². The van der Waals surface area contributed by atoms with Crippen molar-refractivity contribution in [3.05, 3.63) is 69.2 Å². The molecule has 25 heavy (non-hydrogen) atoms. The number of ether oxygens (including phenoxy) is 1. The zero-order valence-electron chi connectivity index (χ0n) is 12.6. The third-order valence-corrected chi connectivity index (χ3v) is 4.94. The fourth-order valence-corrected chi connectivity index (χ4v) is 3.75. The van der Waals surface area contributed by atoms with Gasteiger partial charge >= 0.3 is 0 Å². The largest absolute Gasteiger partial charge is 0.486 e. The van der Waals surface area contributed by atoms with Crippen molar-refractivity contribution < 1.29 is 18.1 Å². The van der Waals surface area contributed by atoms with Crippen LogP contribution in [0.1, 0.15) is 0 Å². The average Bonchev–Trinajstić information content (AvgIpc) is 2.53. The summed E-state index contributed by atoms with van der Waals surface area (Å²) in [6, 6.07) is 7.56. The molecule has 0 aromatic heterocycles. The minimum atomic E-state index is -4.22. The minimum absolute atomic E-state index is 0.0408. The number of halogens is 2. The third-order valence-electron chi connectivity index (χ3n) is 2.95. The number of nitro groups is 1. The first-order valence-corrected chi connectivity index (χ1v) is 8.99. The van der Waals surface area contributed by atoms with Gasteiger partial charge in [-0.2, -0.15) is 0 Å². The van der Waals surface area contributed by atoms with Crippen LogP contribution in [-0.2, 0) is 10.0 Å². The Morgan fingerprint density at radius 1 is 1.24 bits per heavy atom. The second-order valence-corrected chi connectivity index (χ2v) is 7.16. The molecule has 0 saturated heterocycles. The van der Waals surface area contributed by atoms with Crippen LogP contribution in [0.15, 0.2) is 53.9 Å². The highest BCUT2D eigenvalue weighted by atomic mass is 35.5. The Balaban J connectivity index is 2.39. The smallest absolute Gasteiger partial charge is 0.289 e. The van der Waals surface area contributed by atoms with Gasteiger partial charge in [-0.3, -0.25) is 14.8 Å². The predicted octanol–water partition coefficient (Wildman–Crippen LogP) is 4.27. The number of para-hydroxylation sites is 1. The van der Waals surface area contributed by atoms with Gasteiger partial charge in [0.15, 0.2) is 10.6 Å². The number of nitrogens with zero attached hydrogens (tertiary/aromatic N) is 1. The number of sulfonamides is 1.